The van der Waals surface area contributed by atoms with Crippen molar-refractivity contribution in [2.75, 3.05) is 12.4 Å². The first kappa shape index (κ1) is 21.2. The Morgan fingerprint density at radius 3 is 2.68 bits per heavy atom. The summed E-state index contributed by atoms with van der Waals surface area (Å²) in [5.74, 6) is -0.475. The molecule has 0 bridgehead atoms. The summed E-state index contributed by atoms with van der Waals surface area (Å²) in [5.41, 5.74) is 1.70. The number of aryl methyl sites for hydroxylation is 1. The molecule has 1 aliphatic rings. The molecule has 5 nitrogen and oxygen atoms in total. The molecular formula is C22H18ClF3N2O3. The van der Waals surface area contributed by atoms with Crippen molar-refractivity contribution in [2.24, 2.45) is 0 Å². The van der Waals surface area contributed by atoms with Crippen LogP contribution in [0.3, 0.4) is 0 Å². The lowest BCUT2D eigenvalue weighted by atomic mass is 9.94. The minimum atomic E-state index is -4.66. The Labute approximate surface area is 181 Å². The zero-order valence-corrected chi connectivity index (χ0v) is 17.2. The minimum absolute atomic E-state index is 0.174. The number of anilines is 1. The smallest absolute Gasteiger partial charge is 0.419 e. The molecule has 162 valence electrons. The maximum atomic E-state index is 13.3. The predicted octanol–water partition coefficient (Wildman–Crippen LogP) is 6.15. The lowest BCUT2D eigenvalue weighted by Gasteiger charge is -2.14. The van der Waals surface area contributed by atoms with Gasteiger partial charge in [0.2, 0.25) is 0 Å². The zero-order valence-electron chi connectivity index (χ0n) is 16.5. The Hall–Kier alpha value is -3.00. The fourth-order valence-electron chi connectivity index (χ4n) is 3.65. The maximum Gasteiger partial charge on any atom is 0.419 e. The van der Waals surface area contributed by atoms with Crippen LogP contribution in [0.2, 0.25) is 5.02 Å². The van der Waals surface area contributed by atoms with Crippen LogP contribution in [0, 0.1) is 0 Å². The van der Waals surface area contributed by atoms with E-state index in [0.29, 0.717) is 11.3 Å². The topological polar surface area (TPSA) is 64.4 Å². The molecule has 31 heavy (non-hydrogen) atoms. The average molecular weight is 451 g/mol. The molecule has 1 amide bonds. The van der Waals surface area contributed by atoms with Crippen molar-refractivity contribution >= 4 is 23.2 Å². The van der Waals surface area contributed by atoms with E-state index < -0.39 is 17.6 Å². The third kappa shape index (κ3) is 4.25. The van der Waals surface area contributed by atoms with Crippen molar-refractivity contribution in [1.82, 2.24) is 5.16 Å². The zero-order chi connectivity index (χ0) is 22.2. The van der Waals surface area contributed by atoms with E-state index in [1.54, 1.807) is 18.2 Å². The van der Waals surface area contributed by atoms with Crippen LogP contribution >= 0.6 is 11.6 Å². The van der Waals surface area contributed by atoms with E-state index in [1.165, 1.54) is 6.07 Å². The summed E-state index contributed by atoms with van der Waals surface area (Å²) in [5, 5.41) is 6.96. The van der Waals surface area contributed by atoms with E-state index in [0.717, 1.165) is 56.2 Å². The molecule has 1 N–H and O–H groups in total. The van der Waals surface area contributed by atoms with Crippen LogP contribution < -0.4 is 10.1 Å². The molecule has 3 aromatic rings. The van der Waals surface area contributed by atoms with E-state index in [4.69, 9.17) is 20.9 Å². The normalized spacial score (nSPS) is 13.6. The summed E-state index contributed by atoms with van der Waals surface area (Å²) in [4.78, 5) is 12.7. The number of methoxy groups -OCH3 is 1. The SMILES string of the molecule is COc1ccc(C(=O)Nc2cc(-c3onc4c3CCCC4)ccc2Cl)cc1C(F)(F)F. The van der Waals surface area contributed by atoms with Gasteiger partial charge < -0.3 is 14.6 Å². The van der Waals surface area contributed by atoms with E-state index >= 15 is 0 Å². The molecule has 0 saturated heterocycles. The first-order valence-corrected chi connectivity index (χ1v) is 9.99. The number of carbonyl (C=O) groups is 1. The Morgan fingerprint density at radius 1 is 1.16 bits per heavy atom. The van der Waals surface area contributed by atoms with Crippen molar-refractivity contribution in [3.8, 4) is 17.1 Å². The summed E-state index contributed by atoms with van der Waals surface area (Å²) in [6.07, 6.45) is -0.857. The van der Waals surface area contributed by atoms with E-state index in [9.17, 15) is 18.0 Å². The number of carbonyl (C=O) groups excluding carboxylic acids is 1. The Kier molecular flexibility index (Phi) is 5.66. The summed E-state index contributed by atoms with van der Waals surface area (Å²) < 4.78 is 50.1. The molecule has 0 unspecified atom stereocenters. The van der Waals surface area contributed by atoms with Crippen LogP contribution in [-0.4, -0.2) is 18.2 Å². The molecule has 0 fully saturated rings. The van der Waals surface area contributed by atoms with Crippen molar-refractivity contribution in [3.63, 3.8) is 0 Å². The number of hydrogen-bond donors (Lipinski definition) is 1. The van der Waals surface area contributed by atoms with Crippen molar-refractivity contribution in [2.45, 2.75) is 31.9 Å². The van der Waals surface area contributed by atoms with Crippen LogP contribution in [0.4, 0.5) is 18.9 Å². The van der Waals surface area contributed by atoms with Gasteiger partial charge in [-0.15, -0.1) is 0 Å². The molecule has 1 aromatic heterocycles. The Bertz CT molecular complexity index is 1140. The van der Waals surface area contributed by atoms with Gasteiger partial charge in [0.05, 0.1) is 29.1 Å². The molecule has 0 atom stereocenters. The van der Waals surface area contributed by atoms with E-state index in [1.807, 2.05) is 0 Å². The van der Waals surface area contributed by atoms with Crippen molar-refractivity contribution in [1.29, 1.82) is 0 Å². The van der Waals surface area contributed by atoms with Crippen molar-refractivity contribution < 1.29 is 27.2 Å². The standard InChI is InChI=1S/C22H18ClF3N2O3/c1-30-19-9-7-13(10-15(19)22(24,25)26)21(29)27-18-11-12(6-8-16(18)23)20-14-4-2-3-5-17(14)28-31-20/h6-11H,2-5H2,1H3,(H,27,29). The van der Waals surface area contributed by atoms with E-state index in [2.05, 4.69) is 10.5 Å². The lowest BCUT2D eigenvalue weighted by Crippen LogP contribution is -2.15. The first-order chi connectivity index (χ1) is 14.8. The van der Waals surface area contributed by atoms with Gasteiger partial charge >= 0.3 is 6.18 Å². The van der Waals surface area contributed by atoms with Gasteiger partial charge in [0, 0.05) is 16.7 Å². The molecule has 1 heterocycles. The molecule has 9 heteroatoms. The Balaban J connectivity index is 1.64. The van der Waals surface area contributed by atoms with Gasteiger partial charge in [-0.1, -0.05) is 16.8 Å². The van der Waals surface area contributed by atoms with Crippen LogP contribution in [0.1, 0.15) is 40.0 Å². The summed E-state index contributed by atoms with van der Waals surface area (Å²) >= 11 is 6.22. The second-order valence-electron chi connectivity index (χ2n) is 7.21. The second kappa shape index (κ2) is 8.26. The average Bonchev–Trinajstić information content (AvgIpc) is 3.18. The van der Waals surface area contributed by atoms with Crippen LogP contribution in [0.5, 0.6) is 5.75 Å². The largest absolute Gasteiger partial charge is 0.496 e. The third-order valence-corrected chi connectivity index (χ3v) is 5.53. The number of alkyl halides is 3. The number of ether oxygens (including phenoxy) is 1. The van der Waals surface area contributed by atoms with Crippen LogP contribution in [0.25, 0.3) is 11.3 Å². The number of fused-ring (bicyclic) bond motifs is 1. The molecule has 0 aliphatic heterocycles. The first-order valence-electron chi connectivity index (χ1n) is 9.62. The predicted molar refractivity (Wildman–Crippen MR) is 110 cm³/mol. The van der Waals surface area contributed by atoms with Gasteiger partial charge in [-0.3, -0.25) is 4.79 Å². The molecule has 4 rings (SSSR count). The summed E-state index contributed by atoms with van der Waals surface area (Å²) in [6, 6.07) is 8.09. The highest BCUT2D eigenvalue weighted by molar-refractivity contribution is 6.34. The maximum absolute atomic E-state index is 13.3. The number of aromatic nitrogens is 1. The number of hydrogen-bond acceptors (Lipinski definition) is 4. The summed E-state index contributed by atoms with van der Waals surface area (Å²) in [6.45, 7) is 0. The quantitative estimate of drug-likeness (QED) is 0.517. The van der Waals surface area contributed by atoms with Gasteiger partial charge in [0.1, 0.15) is 5.75 Å². The molecule has 0 spiro atoms. The fraction of sp³-hybridized carbons (Fsp3) is 0.273. The fourth-order valence-corrected chi connectivity index (χ4v) is 3.81. The second-order valence-corrected chi connectivity index (χ2v) is 7.61. The van der Waals surface area contributed by atoms with Gasteiger partial charge in [-0.2, -0.15) is 13.2 Å². The summed E-state index contributed by atoms with van der Waals surface area (Å²) in [7, 11) is 1.14. The molecule has 0 saturated carbocycles. The molecule has 0 radical (unpaired) electrons. The number of rotatable bonds is 4. The number of nitrogens with one attached hydrogen (secondary N) is 1. The number of nitrogens with zero attached hydrogens (tertiary/aromatic N) is 1. The number of halogens is 4. The van der Waals surface area contributed by atoms with E-state index in [-0.39, 0.29) is 22.0 Å². The highest BCUT2D eigenvalue weighted by Crippen LogP contribution is 2.38. The number of amides is 1. The third-order valence-electron chi connectivity index (χ3n) is 5.20. The molecule has 1 aliphatic carbocycles. The van der Waals surface area contributed by atoms with Gasteiger partial charge in [0.25, 0.3) is 5.91 Å². The van der Waals surface area contributed by atoms with Crippen molar-refractivity contribution in [3.05, 3.63) is 63.8 Å². The van der Waals surface area contributed by atoms with Gasteiger partial charge in [0.15, 0.2) is 5.76 Å². The molecule has 2 aromatic carbocycles. The van der Waals surface area contributed by atoms with Crippen LogP contribution in [-0.2, 0) is 19.0 Å². The molecular weight excluding hydrogens is 433 g/mol. The highest BCUT2D eigenvalue weighted by atomic mass is 35.5. The highest BCUT2D eigenvalue weighted by Gasteiger charge is 2.35. The number of benzene rings is 2. The lowest BCUT2D eigenvalue weighted by molar-refractivity contribution is -0.138. The Morgan fingerprint density at radius 2 is 1.94 bits per heavy atom. The monoisotopic (exact) mass is 450 g/mol. The van der Waals surface area contributed by atoms with Crippen LogP contribution in [0.15, 0.2) is 40.9 Å². The van der Waals surface area contributed by atoms with Gasteiger partial charge in [-0.05, 0) is 62.1 Å². The minimum Gasteiger partial charge on any atom is -0.496 e. The van der Waals surface area contributed by atoms with Gasteiger partial charge in [-0.25, -0.2) is 0 Å².